The number of nitrogens with one attached hydrogen (secondary N) is 1. The highest BCUT2D eigenvalue weighted by Crippen LogP contribution is 2.21. The van der Waals surface area contributed by atoms with Crippen LogP contribution in [-0.4, -0.2) is 35.8 Å². The van der Waals surface area contributed by atoms with Gasteiger partial charge < -0.3 is 9.47 Å². The minimum absolute atomic E-state index is 0.0911. The van der Waals surface area contributed by atoms with Crippen LogP contribution >= 0.6 is 22.6 Å². The minimum atomic E-state index is -0.522. The first-order valence-electron chi connectivity index (χ1n) is 6.88. The second-order valence-electron chi connectivity index (χ2n) is 4.58. The van der Waals surface area contributed by atoms with E-state index in [1.807, 2.05) is 6.07 Å². The maximum absolute atomic E-state index is 11.1. The Morgan fingerprint density at radius 3 is 2.84 bits per heavy atom. The molecule has 0 aliphatic carbocycles. The number of ether oxygens (including phenoxy) is 2. The van der Waals surface area contributed by atoms with Crippen molar-refractivity contribution < 1.29 is 19.2 Å². The van der Waals surface area contributed by atoms with Gasteiger partial charge in [0.25, 0.3) is 5.69 Å². The van der Waals surface area contributed by atoms with Crippen molar-refractivity contribution in [2.24, 2.45) is 5.10 Å². The molecule has 9 nitrogen and oxygen atoms in total. The van der Waals surface area contributed by atoms with Crippen LogP contribution in [0, 0.1) is 13.7 Å². The lowest BCUT2D eigenvalue weighted by Crippen LogP contribution is -2.13. The van der Waals surface area contributed by atoms with Gasteiger partial charge in [-0.05, 0) is 52.4 Å². The molecule has 0 atom stereocenters. The fourth-order valence-corrected chi connectivity index (χ4v) is 2.34. The Bertz CT molecular complexity index is 795. The Kier molecular flexibility index (Phi) is 6.62. The first kappa shape index (κ1) is 18.6. The molecule has 0 fully saturated rings. The maximum atomic E-state index is 11.1. The van der Waals surface area contributed by atoms with Crippen molar-refractivity contribution in [2.45, 2.75) is 0 Å². The molecule has 0 spiro atoms. The zero-order valence-corrected chi connectivity index (χ0v) is 15.2. The molecule has 2 aromatic rings. The molecule has 0 amide bonds. The van der Waals surface area contributed by atoms with Crippen LogP contribution in [0.5, 0.6) is 5.75 Å². The molecule has 0 bridgehead atoms. The molecular weight excluding hydrogens is 443 g/mol. The molecule has 0 aliphatic rings. The van der Waals surface area contributed by atoms with Crippen molar-refractivity contribution >= 4 is 46.3 Å². The highest BCUT2D eigenvalue weighted by Gasteiger charge is 2.06. The topological polar surface area (TPSA) is 116 Å². The molecule has 0 saturated carbocycles. The van der Waals surface area contributed by atoms with Gasteiger partial charge in [-0.1, -0.05) is 0 Å². The molecule has 0 aliphatic heterocycles. The zero-order chi connectivity index (χ0) is 18.2. The van der Waals surface area contributed by atoms with E-state index >= 15 is 0 Å². The summed E-state index contributed by atoms with van der Waals surface area (Å²) in [5.74, 6) is 0.490. The van der Waals surface area contributed by atoms with E-state index in [1.54, 1.807) is 18.3 Å². The third kappa shape index (κ3) is 5.67. The first-order valence-corrected chi connectivity index (χ1v) is 7.96. The number of nitrogens with zero attached hydrogens (tertiary/aromatic N) is 3. The number of hydrogen-bond acceptors (Lipinski definition) is 8. The molecule has 1 aromatic carbocycles. The molecule has 10 heteroatoms. The lowest BCUT2D eigenvalue weighted by atomic mass is 10.2. The van der Waals surface area contributed by atoms with Crippen LogP contribution in [0.3, 0.4) is 0 Å². The first-order chi connectivity index (χ1) is 12.0. The van der Waals surface area contributed by atoms with Crippen molar-refractivity contribution in [1.82, 2.24) is 4.98 Å². The summed E-state index contributed by atoms with van der Waals surface area (Å²) >= 11 is 2.08. The molecule has 0 radical (unpaired) electrons. The molecule has 1 aromatic heterocycles. The summed E-state index contributed by atoms with van der Waals surface area (Å²) in [5, 5.41) is 14.6. The minimum Gasteiger partial charge on any atom is -0.481 e. The number of esters is 1. The predicted octanol–water partition coefficient (Wildman–Crippen LogP) is 2.59. The van der Waals surface area contributed by atoms with Crippen molar-refractivity contribution in [3.05, 3.63) is 55.8 Å². The number of aromatic nitrogens is 1. The average molecular weight is 456 g/mol. The van der Waals surface area contributed by atoms with E-state index in [9.17, 15) is 14.9 Å². The Morgan fingerprint density at radius 1 is 1.44 bits per heavy atom. The molecule has 130 valence electrons. The van der Waals surface area contributed by atoms with Gasteiger partial charge in [0.05, 0.1) is 21.8 Å². The maximum Gasteiger partial charge on any atom is 0.343 e. The number of hydrogen-bond donors (Lipinski definition) is 1. The molecule has 0 saturated heterocycles. The van der Waals surface area contributed by atoms with E-state index in [-0.39, 0.29) is 12.3 Å². The fraction of sp³-hybridized carbons (Fsp3) is 0.133. The van der Waals surface area contributed by atoms with Gasteiger partial charge in [0.1, 0.15) is 17.8 Å². The lowest BCUT2D eigenvalue weighted by Gasteiger charge is -2.07. The molecular formula is C15H13IN4O5. The standard InChI is InChI=1S/C15H13IN4O5/c1-24-15(21)9-25-13-4-2-10(6-12(13)16)7-18-19-14-5-3-11(8-17-14)20(22)23/h2-8H,9H2,1H3,(H,17,19)/b18-7+. The predicted molar refractivity (Wildman–Crippen MR) is 98.8 cm³/mol. The Hall–Kier alpha value is -2.76. The zero-order valence-electron chi connectivity index (χ0n) is 13.0. The number of halogens is 1. The quantitative estimate of drug-likeness (QED) is 0.224. The van der Waals surface area contributed by atoms with E-state index in [0.717, 1.165) is 15.3 Å². The molecule has 1 N–H and O–H groups in total. The molecule has 2 rings (SSSR count). The van der Waals surface area contributed by atoms with Crippen molar-refractivity contribution in [3.8, 4) is 5.75 Å². The van der Waals surface area contributed by atoms with Crippen LogP contribution in [0.25, 0.3) is 0 Å². The van der Waals surface area contributed by atoms with Crippen LogP contribution in [-0.2, 0) is 9.53 Å². The number of hydrazone groups is 1. The van der Waals surface area contributed by atoms with Crippen LogP contribution in [0.4, 0.5) is 11.5 Å². The van der Waals surface area contributed by atoms with Gasteiger partial charge in [0, 0.05) is 6.07 Å². The smallest absolute Gasteiger partial charge is 0.343 e. The molecule has 0 unspecified atom stereocenters. The number of benzene rings is 1. The number of rotatable bonds is 7. The molecule has 25 heavy (non-hydrogen) atoms. The van der Waals surface area contributed by atoms with Crippen molar-refractivity contribution in [2.75, 3.05) is 19.1 Å². The summed E-state index contributed by atoms with van der Waals surface area (Å²) in [4.78, 5) is 25.0. The van der Waals surface area contributed by atoms with E-state index in [4.69, 9.17) is 4.74 Å². The number of anilines is 1. The van der Waals surface area contributed by atoms with E-state index < -0.39 is 10.9 Å². The van der Waals surface area contributed by atoms with E-state index in [1.165, 1.54) is 19.2 Å². The summed E-state index contributed by atoms with van der Waals surface area (Å²) in [7, 11) is 1.29. The third-order valence-corrected chi connectivity index (χ3v) is 3.72. The van der Waals surface area contributed by atoms with Gasteiger partial charge in [0.2, 0.25) is 0 Å². The van der Waals surface area contributed by atoms with Gasteiger partial charge in [-0.25, -0.2) is 9.78 Å². The molecule has 1 heterocycles. The fourth-order valence-electron chi connectivity index (χ4n) is 1.64. The van der Waals surface area contributed by atoms with Crippen LogP contribution < -0.4 is 10.2 Å². The second kappa shape index (κ2) is 8.92. The van der Waals surface area contributed by atoms with Gasteiger partial charge in [-0.3, -0.25) is 15.5 Å². The Morgan fingerprint density at radius 2 is 2.24 bits per heavy atom. The highest BCUT2D eigenvalue weighted by atomic mass is 127. The van der Waals surface area contributed by atoms with Gasteiger partial charge >= 0.3 is 5.97 Å². The Balaban J connectivity index is 1.95. The largest absolute Gasteiger partial charge is 0.481 e. The highest BCUT2D eigenvalue weighted by molar-refractivity contribution is 14.1. The van der Waals surface area contributed by atoms with Crippen molar-refractivity contribution in [1.29, 1.82) is 0 Å². The summed E-state index contributed by atoms with van der Waals surface area (Å²) in [5.41, 5.74) is 3.39. The van der Waals surface area contributed by atoms with Crippen LogP contribution in [0.2, 0.25) is 0 Å². The number of nitro groups is 1. The summed E-state index contributed by atoms with van der Waals surface area (Å²) < 4.78 is 10.7. The van der Waals surface area contributed by atoms with Crippen molar-refractivity contribution in [3.63, 3.8) is 0 Å². The number of pyridine rings is 1. The number of methoxy groups -OCH3 is 1. The number of carbonyl (C=O) groups is 1. The van der Waals surface area contributed by atoms with Crippen LogP contribution in [0.15, 0.2) is 41.6 Å². The third-order valence-electron chi connectivity index (χ3n) is 2.88. The van der Waals surface area contributed by atoms with E-state index in [0.29, 0.717) is 11.6 Å². The SMILES string of the molecule is COC(=O)COc1ccc(/C=N/Nc2ccc([N+](=O)[O-])cn2)cc1I. The normalized spacial score (nSPS) is 10.5. The lowest BCUT2D eigenvalue weighted by molar-refractivity contribution is -0.385. The monoisotopic (exact) mass is 456 g/mol. The van der Waals surface area contributed by atoms with Gasteiger partial charge in [-0.15, -0.1) is 0 Å². The van der Waals surface area contributed by atoms with Gasteiger partial charge in [0.15, 0.2) is 6.61 Å². The summed E-state index contributed by atoms with van der Waals surface area (Å²) in [6.07, 6.45) is 2.71. The van der Waals surface area contributed by atoms with Crippen LogP contribution in [0.1, 0.15) is 5.56 Å². The Labute approximate surface area is 156 Å². The number of carbonyl (C=O) groups excluding carboxylic acids is 1. The van der Waals surface area contributed by atoms with Gasteiger partial charge in [-0.2, -0.15) is 5.10 Å². The summed E-state index contributed by atoms with van der Waals surface area (Å²) in [6.45, 7) is -0.159. The van der Waals surface area contributed by atoms with E-state index in [2.05, 4.69) is 42.8 Å². The summed E-state index contributed by atoms with van der Waals surface area (Å²) in [6, 6.07) is 8.10. The average Bonchev–Trinajstić information content (AvgIpc) is 2.61. The second-order valence-corrected chi connectivity index (χ2v) is 5.75.